The largest absolute Gasteiger partial charge is 0.369 e. The Kier molecular flexibility index (Phi) is 3.35. The summed E-state index contributed by atoms with van der Waals surface area (Å²) in [6.45, 7) is 1.41. The molecule has 1 amide bonds. The van der Waals surface area contributed by atoms with Crippen LogP contribution in [0.1, 0.15) is 6.92 Å². The molecule has 0 aliphatic carbocycles. The number of carbonyl (C=O) groups is 1. The van der Waals surface area contributed by atoms with E-state index in [1.165, 1.54) is 25.1 Å². The fraction of sp³-hybridized carbons (Fsp3) is 0.222. The first kappa shape index (κ1) is 10.8. The average Bonchev–Trinajstić information content (AvgIpc) is 2.16. The molecule has 0 spiro atoms. The zero-order chi connectivity index (χ0) is 10.7. The summed E-state index contributed by atoms with van der Waals surface area (Å²) in [7, 11) is -1.72. The van der Waals surface area contributed by atoms with Crippen LogP contribution in [0.5, 0.6) is 0 Å². The van der Waals surface area contributed by atoms with Crippen molar-refractivity contribution < 1.29 is 13.4 Å². The SMILES string of the molecule is CC(C(N)=O)S(=O)c1ccccc1F. The molecule has 0 saturated heterocycles. The van der Waals surface area contributed by atoms with Gasteiger partial charge in [-0.1, -0.05) is 12.1 Å². The maximum atomic E-state index is 13.1. The lowest BCUT2D eigenvalue weighted by Gasteiger charge is -2.07. The van der Waals surface area contributed by atoms with Crippen molar-refractivity contribution in [2.45, 2.75) is 17.1 Å². The van der Waals surface area contributed by atoms with E-state index >= 15 is 0 Å². The van der Waals surface area contributed by atoms with Gasteiger partial charge in [-0.2, -0.15) is 0 Å². The zero-order valence-electron chi connectivity index (χ0n) is 7.57. The molecule has 0 heterocycles. The van der Waals surface area contributed by atoms with Crippen molar-refractivity contribution in [2.24, 2.45) is 5.73 Å². The number of nitrogens with two attached hydrogens (primary N) is 1. The van der Waals surface area contributed by atoms with Gasteiger partial charge in [0.1, 0.15) is 11.1 Å². The monoisotopic (exact) mass is 215 g/mol. The second-order valence-corrected chi connectivity index (χ2v) is 4.51. The molecule has 2 N–H and O–H groups in total. The topological polar surface area (TPSA) is 60.2 Å². The summed E-state index contributed by atoms with van der Waals surface area (Å²) in [5.74, 6) is -1.29. The minimum Gasteiger partial charge on any atom is -0.369 e. The number of halogens is 1. The highest BCUT2D eigenvalue weighted by atomic mass is 32.2. The van der Waals surface area contributed by atoms with Gasteiger partial charge < -0.3 is 5.73 Å². The van der Waals surface area contributed by atoms with Gasteiger partial charge in [0, 0.05) is 0 Å². The second-order valence-electron chi connectivity index (χ2n) is 2.77. The third-order valence-corrected chi connectivity index (χ3v) is 3.41. The molecule has 1 aromatic carbocycles. The molecule has 0 fully saturated rings. The Bertz CT molecular complexity index is 381. The van der Waals surface area contributed by atoms with Gasteiger partial charge in [-0.3, -0.25) is 9.00 Å². The van der Waals surface area contributed by atoms with Crippen LogP contribution in [0.2, 0.25) is 0 Å². The van der Waals surface area contributed by atoms with E-state index in [-0.39, 0.29) is 4.90 Å². The highest BCUT2D eigenvalue weighted by molar-refractivity contribution is 7.86. The molecule has 14 heavy (non-hydrogen) atoms. The normalized spacial score (nSPS) is 14.7. The number of carbonyl (C=O) groups excluding carboxylic acids is 1. The lowest BCUT2D eigenvalue weighted by molar-refractivity contribution is -0.117. The predicted octanol–water partition coefficient (Wildman–Crippen LogP) is 0.807. The predicted molar refractivity (Wildman–Crippen MR) is 51.5 cm³/mol. The van der Waals surface area contributed by atoms with Crippen LogP contribution in [0.4, 0.5) is 4.39 Å². The van der Waals surface area contributed by atoms with Crippen molar-refractivity contribution in [1.29, 1.82) is 0 Å². The third kappa shape index (κ3) is 2.17. The van der Waals surface area contributed by atoms with Gasteiger partial charge in [-0.15, -0.1) is 0 Å². The standard InChI is InChI=1S/C9H10FNO2S/c1-6(9(11)12)14(13)8-5-3-2-4-7(8)10/h2-6H,1H3,(H2,11,12). The summed E-state index contributed by atoms with van der Waals surface area (Å²) < 4.78 is 24.7. The van der Waals surface area contributed by atoms with Gasteiger partial charge in [0.25, 0.3) is 0 Å². The van der Waals surface area contributed by atoms with E-state index in [0.29, 0.717) is 0 Å². The lowest BCUT2D eigenvalue weighted by atomic mass is 10.3. The first-order chi connectivity index (χ1) is 6.54. The van der Waals surface area contributed by atoms with E-state index in [2.05, 4.69) is 0 Å². The first-order valence-corrected chi connectivity index (χ1v) is 5.19. The minimum atomic E-state index is -1.72. The van der Waals surface area contributed by atoms with Crippen molar-refractivity contribution in [3.63, 3.8) is 0 Å². The summed E-state index contributed by atoms with van der Waals surface area (Å²) in [5, 5.41) is -0.883. The van der Waals surface area contributed by atoms with Crippen LogP contribution in [0, 0.1) is 5.82 Å². The van der Waals surface area contributed by atoms with Crippen LogP contribution in [-0.2, 0) is 15.6 Å². The number of primary amides is 1. The molecule has 76 valence electrons. The smallest absolute Gasteiger partial charge is 0.233 e. The Morgan fingerprint density at radius 3 is 2.57 bits per heavy atom. The molecule has 0 saturated carbocycles. The Balaban J connectivity index is 3.01. The molecule has 3 nitrogen and oxygen atoms in total. The lowest BCUT2D eigenvalue weighted by Crippen LogP contribution is -2.29. The van der Waals surface area contributed by atoms with Crippen LogP contribution in [-0.4, -0.2) is 15.4 Å². The van der Waals surface area contributed by atoms with Gasteiger partial charge in [0.15, 0.2) is 0 Å². The maximum Gasteiger partial charge on any atom is 0.233 e. The van der Waals surface area contributed by atoms with Gasteiger partial charge in [0.05, 0.1) is 15.7 Å². The van der Waals surface area contributed by atoms with E-state index in [4.69, 9.17) is 5.73 Å². The van der Waals surface area contributed by atoms with E-state index in [1.54, 1.807) is 6.07 Å². The quantitative estimate of drug-likeness (QED) is 0.811. The summed E-state index contributed by atoms with van der Waals surface area (Å²) in [4.78, 5) is 10.7. The summed E-state index contributed by atoms with van der Waals surface area (Å²) >= 11 is 0. The molecule has 0 bridgehead atoms. The van der Waals surface area contributed by atoms with E-state index in [1.807, 2.05) is 0 Å². The van der Waals surface area contributed by atoms with E-state index in [0.717, 1.165) is 0 Å². The number of amides is 1. The molecule has 1 aromatic rings. The van der Waals surface area contributed by atoms with Gasteiger partial charge in [-0.05, 0) is 19.1 Å². The summed E-state index contributed by atoms with van der Waals surface area (Å²) in [6.07, 6.45) is 0. The Morgan fingerprint density at radius 1 is 1.50 bits per heavy atom. The molecule has 2 atom stereocenters. The Morgan fingerprint density at radius 2 is 2.07 bits per heavy atom. The average molecular weight is 215 g/mol. The molecule has 0 aliphatic heterocycles. The highest BCUT2D eigenvalue weighted by Crippen LogP contribution is 2.14. The molecule has 0 aliphatic rings. The van der Waals surface area contributed by atoms with Crippen molar-refractivity contribution in [3.05, 3.63) is 30.1 Å². The fourth-order valence-electron chi connectivity index (χ4n) is 0.904. The van der Waals surface area contributed by atoms with Gasteiger partial charge in [-0.25, -0.2) is 4.39 Å². The fourth-order valence-corrected chi connectivity index (χ4v) is 1.97. The van der Waals surface area contributed by atoms with Crippen molar-refractivity contribution in [2.75, 3.05) is 0 Å². The molecule has 1 rings (SSSR count). The van der Waals surface area contributed by atoms with Crippen LogP contribution in [0.25, 0.3) is 0 Å². The first-order valence-electron chi connectivity index (χ1n) is 3.98. The third-order valence-electron chi connectivity index (χ3n) is 1.78. The number of benzene rings is 1. The van der Waals surface area contributed by atoms with E-state index < -0.39 is 27.8 Å². The second kappa shape index (κ2) is 4.32. The van der Waals surface area contributed by atoms with Crippen molar-refractivity contribution in [3.8, 4) is 0 Å². The highest BCUT2D eigenvalue weighted by Gasteiger charge is 2.20. The molecule has 2 unspecified atom stereocenters. The van der Waals surface area contributed by atoms with Crippen LogP contribution < -0.4 is 5.73 Å². The summed E-state index contributed by atoms with van der Waals surface area (Å²) in [5.41, 5.74) is 4.97. The van der Waals surface area contributed by atoms with Crippen LogP contribution in [0.3, 0.4) is 0 Å². The summed E-state index contributed by atoms with van der Waals surface area (Å²) in [6, 6.07) is 5.63. The maximum absolute atomic E-state index is 13.1. The Hall–Kier alpha value is -1.23. The van der Waals surface area contributed by atoms with Crippen LogP contribution >= 0.6 is 0 Å². The van der Waals surface area contributed by atoms with Crippen molar-refractivity contribution >= 4 is 16.7 Å². The number of rotatable bonds is 3. The number of hydrogen-bond donors (Lipinski definition) is 1. The Labute approximate surface area is 83.6 Å². The zero-order valence-corrected chi connectivity index (χ0v) is 8.38. The van der Waals surface area contributed by atoms with Gasteiger partial charge >= 0.3 is 0 Å². The van der Waals surface area contributed by atoms with Crippen molar-refractivity contribution in [1.82, 2.24) is 0 Å². The molecule has 5 heteroatoms. The van der Waals surface area contributed by atoms with Gasteiger partial charge in [0.2, 0.25) is 5.91 Å². The molecule has 0 aromatic heterocycles. The number of hydrogen-bond acceptors (Lipinski definition) is 2. The minimum absolute atomic E-state index is 0.0128. The molecular weight excluding hydrogens is 205 g/mol. The molecular formula is C9H10FNO2S. The van der Waals surface area contributed by atoms with E-state index in [9.17, 15) is 13.4 Å². The van der Waals surface area contributed by atoms with Crippen LogP contribution in [0.15, 0.2) is 29.2 Å². The molecule has 0 radical (unpaired) electrons.